The zero-order valence-electron chi connectivity index (χ0n) is 33.1. The van der Waals surface area contributed by atoms with Crippen LogP contribution < -0.4 is 5.32 Å². The molecule has 0 aliphatic heterocycles. The molecule has 0 spiro atoms. The Morgan fingerprint density at radius 1 is 0.468 bits per heavy atom. The Morgan fingerprint density at radius 2 is 0.809 bits per heavy atom. The highest BCUT2D eigenvalue weighted by Crippen LogP contribution is 2.61. The predicted molar refractivity (Wildman–Crippen MR) is 220 cm³/mol. The molecule has 0 aromatic carbocycles. The molecule has 0 saturated carbocycles. The van der Waals surface area contributed by atoms with E-state index in [1.807, 2.05) is 0 Å². The van der Waals surface area contributed by atoms with Gasteiger partial charge in [0, 0.05) is 47.7 Å². The van der Waals surface area contributed by atoms with Crippen molar-refractivity contribution in [2.45, 2.75) is 133 Å². The number of carbonyl (C=O) groups excluding carboxylic acids is 3. The maximum atomic E-state index is 13.3. The standard InChI is InChI=1S/C39H81N2O3P3/c1-10-27-45(17-8,18-9)34-37(42)21-19-24-41(25-20-22-38(43)35-46(28-11-2,29-12-3)30-13-4)26-23-40-39(44)36-47(31-14-5,32-15-6)33-16-7/h10-36H2,1-9H3/q+2/p+1. The van der Waals surface area contributed by atoms with Crippen molar-refractivity contribution in [3.63, 3.8) is 0 Å². The van der Waals surface area contributed by atoms with E-state index in [0.29, 0.717) is 31.0 Å². The van der Waals surface area contributed by atoms with Gasteiger partial charge >= 0.3 is 0 Å². The van der Waals surface area contributed by atoms with Gasteiger partial charge in [0.2, 0.25) is 0 Å². The van der Waals surface area contributed by atoms with Gasteiger partial charge in [0.1, 0.15) is 18.5 Å². The van der Waals surface area contributed by atoms with Crippen LogP contribution >= 0.6 is 21.8 Å². The summed E-state index contributed by atoms with van der Waals surface area (Å²) in [5, 5.41) is 3.30. The summed E-state index contributed by atoms with van der Waals surface area (Å²) in [4.78, 5) is 42.1. The molecule has 0 aromatic heterocycles. The molecule has 0 saturated heterocycles. The summed E-state index contributed by atoms with van der Waals surface area (Å²) >= 11 is 0. The van der Waals surface area contributed by atoms with Gasteiger partial charge in [-0.05, 0) is 84.7 Å². The molecular formula is C39H82N2O3P3+3. The third kappa shape index (κ3) is 19.9. The first kappa shape index (κ1) is 47.1. The zero-order chi connectivity index (χ0) is 35.6. The van der Waals surface area contributed by atoms with Crippen molar-refractivity contribution in [2.75, 3.05) is 100 Å². The number of nitrogens with one attached hydrogen (secondary N) is 1. The van der Waals surface area contributed by atoms with Gasteiger partial charge in [-0.2, -0.15) is 0 Å². The average Bonchev–Trinajstić information content (AvgIpc) is 3.01. The summed E-state index contributed by atoms with van der Waals surface area (Å²) in [6, 6.07) is 0. The summed E-state index contributed by atoms with van der Waals surface area (Å²) in [7, 11) is -3.55. The van der Waals surface area contributed by atoms with Crippen LogP contribution in [0.25, 0.3) is 0 Å². The normalized spacial score (nSPS) is 12.6. The molecule has 5 nitrogen and oxygen atoms in total. The van der Waals surface area contributed by atoms with Gasteiger partial charge in [-0.1, -0.05) is 48.5 Å². The van der Waals surface area contributed by atoms with Crippen LogP contribution in [0.5, 0.6) is 0 Å². The predicted octanol–water partition coefficient (Wildman–Crippen LogP) is 10.1. The maximum Gasteiger partial charge on any atom is 0.257 e. The van der Waals surface area contributed by atoms with Gasteiger partial charge in [-0.15, -0.1) is 0 Å². The number of hydrogen-bond acceptors (Lipinski definition) is 4. The third-order valence-corrected chi connectivity index (χ3v) is 25.8. The fourth-order valence-electron chi connectivity index (χ4n) is 8.26. The fourth-order valence-corrected chi connectivity index (χ4v) is 21.4. The van der Waals surface area contributed by atoms with Crippen LogP contribution in [0.15, 0.2) is 0 Å². The van der Waals surface area contributed by atoms with Crippen LogP contribution in [-0.4, -0.2) is 122 Å². The van der Waals surface area contributed by atoms with Gasteiger partial charge in [0.25, 0.3) is 5.91 Å². The average molecular weight is 720 g/mol. The molecule has 0 heterocycles. The first-order valence-electron chi connectivity index (χ1n) is 20.1. The van der Waals surface area contributed by atoms with Crippen LogP contribution in [0.3, 0.4) is 0 Å². The van der Waals surface area contributed by atoms with Gasteiger partial charge in [-0.3, -0.25) is 14.4 Å². The topological polar surface area (TPSA) is 66.5 Å². The minimum absolute atomic E-state index is 0.234. The van der Waals surface area contributed by atoms with Crippen LogP contribution in [0, 0.1) is 0 Å². The first-order chi connectivity index (χ1) is 22.5. The van der Waals surface area contributed by atoms with E-state index in [1.54, 1.807) is 0 Å². The lowest BCUT2D eigenvalue weighted by atomic mass is 10.2. The highest BCUT2D eigenvalue weighted by atomic mass is 31.2. The third-order valence-electron chi connectivity index (χ3n) is 10.3. The molecule has 0 aromatic rings. The quantitative estimate of drug-likeness (QED) is 0.0686. The number of rotatable bonds is 33. The van der Waals surface area contributed by atoms with Crippen LogP contribution in [0.2, 0.25) is 0 Å². The first-order valence-corrected chi connectivity index (χ1v) is 27.7. The van der Waals surface area contributed by atoms with Crippen LogP contribution in [0.4, 0.5) is 0 Å². The Morgan fingerprint density at radius 3 is 1.17 bits per heavy atom. The number of ketones is 2. The maximum absolute atomic E-state index is 13.3. The van der Waals surface area contributed by atoms with E-state index < -0.39 is 21.8 Å². The Labute approximate surface area is 296 Å². The summed E-state index contributed by atoms with van der Waals surface area (Å²) in [5.74, 6) is 1.15. The number of amides is 1. The Bertz CT molecular complexity index is 754. The fraction of sp³-hybridized carbons (Fsp3) is 0.923. The van der Waals surface area contributed by atoms with Crippen molar-refractivity contribution >= 4 is 39.3 Å². The lowest BCUT2D eigenvalue weighted by Gasteiger charge is -2.27. The molecule has 278 valence electrons. The molecule has 1 N–H and O–H groups in total. The monoisotopic (exact) mass is 720 g/mol. The second-order valence-electron chi connectivity index (χ2n) is 14.7. The smallest absolute Gasteiger partial charge is 0.257 e. The molecule has 1 amide bonds. The van der Waals surface area contributed by atoms with Gasteiger partial charge in [-0.25, -0.2) is 0 Å². The molecule has 47 heavy (non-hydrogen) atoms. The summed E-state index contributed by atoms with van der Waals surface area (Å²) in [6.45, 7) is 23.6. The van der Waals surface area contributed by atoms with E-state index in [9.17, 15) is 14.4 Å². The molecular weight excluding hydrogens is 637 g/mol. The molecule has 8 heteroatoms. The van der Waals surface area contributed by atoms with Crippen molar-refractivity contribution in [1.82, 2.24) is 10.2 Å². The van der Waals surface area contributed by atoms with Gasteiger partial charge in [0.05, 0.1) is 55.5 Å². The summed E-state index contributed by atoms with van der Waals surface area (Å²) in [6.07, 6.45) is 24.8. The Hall–Kier alpha value is 0.0600. The second kappa shape index (κ2) is 27.7. The highest BCUT2D eigenvalue weighted by molar-refractivity contribution is 7.77. The molecule has 0 fully saturated rings. The highest BCUT2D eigenvalue weighted by Gasteiger charge is 2.38. The SMILES string of the molecule is CCC[P+](CC)(CC)CC(=O)CCCN(CCCC(=O)C[P+](CCC)(CCC)CCC)CCNC(=O)C[P+](CCC)(CCC)CCC. The molecule has 0 atom stereocenters. The Kier molecular flexibility index (Phi) is 27.8. The van der Waals surface area contributed by atoms with Crippen molar-refractivity contribution in [2.24, 2.45) is 0 Å². The van der Waals surface area contributed by atoms with E-state index in [-0.39, 0.29) is 5.91 Å². The van der Waals surface area contributed by atoms with Crippen molar-refractivity contribution in [3.05, 3.63) is 0 Å². The number of hydrogen-bond donors (Lipinski definition) is 1. The Balaban J connectivity index is 5.39. The van der Waals surface area contributed by atoms with Crippen LogP contribution in [-0.2, 0) is 14.4 Å². The van der Waals surface area contributed by atoms with E-state index in [2.05, 4.69) is 72.5 Å². The molecule has 0 aliphatic carbocycles. The van der Waals surface area contributed by atoms with E-state index >= 15 is 0 Å². The van der Waals surface area contributed by atoms with E-state index in [0.717, 1.165) is 51.0 Å². The summed E-state index contributed by atoms with van der Waals surface area (Å²) in [5.41, 5.74) is 0. The largest absolute Gasteiger partial charge is 0.352 e. The van der Waals surface area contributed by atoms with Gasteiger partial charge < -0.3 is 10.2 Å². The van der Waals surface area contributed by atoms with E-state index in [4.69, 9.17) is 0 Å². The lowest BCUT2D eigenvalue weighted by molar-refractivity contribution is -0.119. The van der Waals surface area contributed by atoms with Crippen molar-refractivity contribution in [1.29, 1.82) is 0 Å². The minimum Gasteiger partial charge on any atom is -0.352 e. The number of Topliss-reactive ketones (excluding diaryl/α,β-unsaturated/α-hetero) is 2. The number of carbonyl (C=O) groups is 3. The van der Waals surface area contributed by atoms with Crippen LogP contribution in [0.1, 0.15) is 133 Å². The molecule has 0 radical (unpaired) electrons. The van der Waals surface area contributed by atoms with Gasteiger partial charge in [0.15, 0.2) is 11.6 Å². The van der Waals surface area contributed by atoms with Crippen molar-refractivity contribution < 1.29 is 14.4 Å². The molecule has 0 aliphatic rings. The molecule has 0 bridgehead atoms. The molecule has 0 unspecified atom stereocenters. The van der Waals surface area contributed by atoms with E-state index in [1.165, 1.54) is 100 Å². The second-order valence-corrected chi connectivity index (χ2v) is 28.1. The number of nitrogens with zero attached hydrogens (tertiary/aromatic N) is 1. The van der Waals surface area contributed by atoms with Crippen molar-refractivity contribution in [3.8, 4) is 0 Å². The zero-order valence-corrected chi connectivity index (χ0v) is 35.8. The minimum atomic E-state index is -1.23. The summed E-state index contributed by atoms with van der Waals surface area (Å²) < 4.78 is 0. The lowest BCUT2D eigenvalue weighted by Crippen LogP contribution is -2.38. The molecule has 0 rings (SSSR count).